The van der Waals surface area contributed by atoms with Gasteiger partial charge in [0.2, 0.25) is 0 Å². The third-order valence-corrected chi connectivity index (χ3v) is 5.13. The molecule has 0 saturated heterocycles. The van der Waals surface area contributed by atoms with Gasteiger partial charge in [-0.25, -0.2) is 0 Å². The van der Waals surface area contributed by atoms with Crippen molar-refractivity contribution in [3.05, 3.63) is 93.7 Å². The van der Waals surface area contributed by atoms with Crippen LogP contribution in [0.15, 0.2) is 72.8 Å². The Balaban J connectivity index is 1.49. The van der Waals surface area contributed by atoms with Gasteiger partial charge >= 0.3 is 11.8 Å². The van der Waals surface area contributed by atoms with Crippen molar-refractivity contribution in [1.29, 1.82) is 0 Å². The Bertz CT molecular complexity index is 894. The van der Waals surface area contributed by atoms with Crippen LogP contribution in [0.1, 0.15) is 27.0 Å². The molecule has 138 valence electrons. The van der Waals surface area contributed by atoms with Crippen molar-refractivity contribution in [2.75, 3.05) is 0 Å². The van der Waals surface area contributed by atoms with E-state index in [9.17, 15) is 14.7 Å². The van der Waals surface area contributed by atoms with Crippen LogP contribution in [-0.2, 0) is 22.7 Å². The molecule has 1 unspecified atom stereocenters. The topological polar surface area (TPSA) is 78.4 Å². The van der Waals surface area contributed by atoms with E-state index in [0.29, 0.717) is 6.54 Å². The minimum absolute atomic E-state index is 0.240. The van der Waals surface area contributed by atoms with Gasteiger partial charge in [-0.2, -0.15) is 0 Å². The lowest BCUT2D eigenvalue weighted by Gasteiger charge is -2.08. The van der Waals surface area contributed by atoms with E-state index < -0.39 is 17.9 Å². The SMILES string of the molecule is O=C(NCc1ccccc1)C(=O)NCc1ccc(C(O)c2ccccc2)s1. The predicted molar refractivity (Wildman–Crippen MR) is 105 cm³/mol. The highest BCUT2D eigenvalue weighted by molar-refractivity contribution is 7.12. The zero-order valence-electron chi connectivity index (χ0n) is 14.6. The number of carbonyl (C=O) groups is 2. The van der Waals surface area contributed by atoms with Gasteiger partial charge in [0.25, 0.3) is 0 Å². The number of aliphatic hydroxyl groups excluding tert-OH is 1. The predicted octanol–water partition coefficient (Wildman–Crippen LogP) is 2.76. The summed E-state index contributed by atoms with van der Waals surface area (Å²) in [6.07, 6.45) is -0.699. The number of nitrogens with one attached hydrogen (secondary N) is 2. The Kier molecular flexibility index (Phi) is 6.35. The van der Waals surface area contributed by atoms with Gasteiger partial charge in [0.05, 0.1) is 6.54 Å². The molecule has 3 N–H and O–H groups in total. The Morgan fingerprint density at radius 1 is 0.815 bits per heavy atom. The van der Waals surface area contributed by atoms with E-state index in [-0.39, 0.29) is 6.54 Å². The monoisotopic (exact) mass is 380 g/mol. The van der Waals surface area contributed by atoms with Crippen LogP contribution in [0, 0.1) is 0 Å². The van der Waals surface area contributed by atoms with Crippen LogP contribution in [0.2, 0.25) is 0 Å². The van der Waals surface area contributed by atoms with Crippen LogP contribution in [-0.4, -0.2) is 16.9 Å². The fraction of sp³-hybridized carbons (Fsp3) is 0.143. The summed E-state index contributed by atoms with van der Waals surface area (Å²) in [5.41, 5.74) is 1.74. The summed E-state index contributed by atoms with van der Waals surface area (Å²) in [5, 5.41) is 15.6. The van der Waals surface area contributed by atoms with E-state index >= 15 is 0 Å². The lowest BCUT2D eigenvalue weighted by Crippen LogP contribution is -2.39. The normalized spacial score (nSPS) is 11.6. The highest BCUT2D eigenvalue weighted by Gasteiger charge is 2.15. The molecule has 1 aromatic heterocycles. The quantitative estimate of drug-likeness (QED) is 0.576. The number of aliphatic hydroxyl groups is 1. The van der Waals surface area contributed by atoms with Crippen molar-refractivity contribution in [3.63, 3.8) is 0 Å². The maximum Gasteiger partial charge on any atom is 0.309 e. The average molecular weight is 380 g/mol. The second-order valence-electron chi connectivity index (χ2n) is 5.97. The largest absolute Gasteiger partial charge is 0.383 e. The van der Waals surface area contributed by atoms with E-state index in [0.717, 1.165) is 20.9 Å². The van der Waals surface area contributed by atoms with E-state index in [4.69, 9.17) is 0 Å². The van der Waals surface area contributed by atoms with E-state index in [1.165, 1.54) is 11.3 Å². The number of rotatable bonds is 6. The molecule has 0 spiro atoms. The van der Waals surface area contributed by atoms with Crippen molar-refractivity contribution in [1.82, 2.24) is 10.6 Å². The first-order valence-corrected chi connectivity index (χ1v) is 9.36. The zero-order valence-corrected chi connectivity index (χ0v) is 15.4. The summed E-state index contributed by atoms with van der Waals surface area (Å²) in [4.78, 5) is 25.5. The molecule has 0 radical (unpaired) electrons. The van der Waals surface area contributed by atoms with Crippen LogP contribution < -0.4 is 10.6 Å². The Hall–Kier alpha value is -2.96. The minimum atomic E-state index is -0.699. The van der Waals surface area contributed by atoms with Crippen LogP contribution >= 0.6 is 11.3 Å². The molecule has 0 aliphatic carbocycles. The molecular formula is C21H20N2O3S. The Morgan fingerprint density at radius 3 is 2.07 bits per heavy atom. The highest BCUT2D eigenvalue weighted by atomic mass is 32.1. The molecule has 3 rings (SSSR count). The molecule has 2 aromatic carbocycles. The fourth-order valence-electron chi connectivity index (χ4n) is 2.54. The van der Waals surface area contributed by atoms with Crippen LogP contribution in [0.25, 0.3) is 0 Å². The molecule has 6 heteroatoms. The molecule has 3 aromatic rings. The van der Waals surface area contributed by atoms with Crippen molar-refractivity contribution >= 4 is 23.2 Å². The van der Waals surface area contributed by atoms with Gasteiger partial charge in [0.15, 0.2) is 0 Å². The van der Waals surface area contributed by atoms with Crippen molar-refractivity contribution in [2.45, 2.75) is 19.2 Å². The van der Waals surface area contributed by atoms with Crippen LogP contribution in [0.3, 0.4) is 0 Å². The summed E-state index contributed by atoms with van der Waals surface area (Å²) < 4.78 is 0. The fourth-order valence-corrected chi connectivity index (χ4v) is 3.51. The summed E-state index contributed by atoms with van der Waals surface area (Å²) >= 11 is 1.40. The Morgan fingerprint density at radius 2 is 1.41 bits per heavy atom. The molecule has 0 fully saturated rings. The first kappa shape index (κ1) is 18.8. The van der Waals surface area contributed by atoms with Crippen molar-refractivity contribution in [2.24, 2.45) is 0 Å². The van der Waals surface area contributed by atoms with Gasteiger partial charge in [0.1, 0.15) is 6.10 Å². The lowest BCUT2D eigenvalue weighted by atomic mass is 10.1. The van der Waals surface area contributed by atoms with E-state index in [1.807, 2.05) is 72.8 Å². The van der Waals surface area contributed by atoms with Crippen molar-refractivity contribution < 1.29 is 14.7 Å². The van der Waals surface area contributed by atoms with E-state index in [1.54, 1.807) is 0 Å². The molecule has 27 heavy (non-hydrogen) atoms. The first-order chi connectivity index (χ1) is 13.1. The molecule has 5 nitrogen and oxygen atoms in total. The van der Waals surface area contributed by atoms with Gasteiger partial charge in [-0.3, -0.25) is 9.59 Å². The molecular weight excluding hydrogens is 360 g/mol. The lowest BCUT2D eigenvalue weighted by molar-refractivity contribution is -0.139. The molecule has 2 amide bonds. The molecule has 0 bridgehead atoms. The van der Waals surface area contributed by atoms with Gasteiger partial charge in [-0.1, -0.05) is 60.7 Å². The smallest absolute Gasteiger partial charge is 0.309 e. The number of benzene rings is 2. The van der Waals surface area contributed by atoms with Gasteiger partial charge in [-0.05, 0) is 23.3 Å². The van der Waals surface area contributed by atoms with Crippen LogP contribution in [0.5, 0.6) is 0 Å². The third kappa shape index (κ3) is 5.26. The van der Waals surface area contributed by atoms with Gasteiger partial charge < -0.3 is 15.7 Å². The summed E-state index contributed by atoms with van der Waals surface area (Å²) in [6.45, 7) is 0.545. The molecule has 0 aliphatic heterocycles. The highest BCUT2D eigenvalue weighted by Crippen LogP contribution is 2.28. The minimum Gasteiger partial charge on any atom is -0.383 e. The molecule has 1 heterocycles. The van der Waals surface area contributed by atoms with Crippen LogP contribution in [0.4, 0.5) is 0 Å². The molecule has 0 saturated carbocycles. The third-order valence-electron chi connectivity index (χ3n) is 3.99. The Labute approximate surface area is 161 Å². The number of thiophene rings is 1. The van der Waals surface area contributed by atoms with E-state index in [2.05, 4.69) is 10.6 Å². The second-order valence-corrected chi connectivity index (χ2v) is 7.17. The average Bonchev–Trinajstić information content (AvgIpc) is 3.20. The maximum atomic E-state index is 11.9. The standard InChI is InChI=1S/C21H20N2O3S/c24-19(16-9-5-2-6-10-16)18-12-11-17(27-18)14-23-21(26)20(25)22-13-15-7-3-1-4-8-15/h1-12,19,24H,13-14H2,(H,22,25)(H,23,26). The van der Waals surface area contributed by atoms with Crippen molar-refractivity contribution in [3.8, 4) is 0 Å². The number of hydrogen-bond donors (Lipinski definition) is 3. The molecule has 0 aliphatic rings. The second kappa shape index (κ2) is 9.12. The summed E-state index contributed by atoms with van der Waals surface area (Å²) in [5.74, 6) is -1.34. The van der Waals surface area contributed by atoms with Gasteiger partial charge in [0, 0.05) is 16.3 Å². The number of hydrogen-bond acceptors (Lipinski definition) is 4. The zero-order chi connectivity index (χ0) is 19.1. The number of amides is 2. The summed E-state index contributed by atoms with van der Waals surface area (Å²) in [6, 6.07) is 22.4. The molecule has 1 atom stereocenters. The summed E-state index contributed by atoms with van der Waals surface area (Å²) in [7, 11) is 0. The first-order valence-electron chi connectivity index (χ1n) is 8.55. The maximum absolute atomic E-state index is 11.9. The van der Waals surface area contributed by atoms with Gasteiger partial charge in [-0.15, -0.1) is 11.3 Å². The number of carbonyl (C=O) groups excluding carboxylic acids is 2.